The van der Waals surface area contributed by atoms with Gasteiger partial charge in [0.2, 0.25) is 0 Å². The molecule has 0 radical (unpaired) electrons. The Morgan fingerprint density at radius 2 is 0.533 bits per heavy atom. The SMILES string of the molecule is CCCCCCCCCCC(=O)OC[C@H](COP(=O)(O)OC[C@H](O)COP(=O)(O)OC[C@@H](COC(=O)CCCCCCCCC(C)CC)OC(=O)CCCCCCCCCCCCCCCCCCCCC(C)CC)OC(=O)CCCCCCCCC(C)CC. The number of carbonyl (C=O) groups is 4. The normalized spacial score (nSPS) is 15.1. The Morgan fingerprint density at radius 3 is 0.789 bits per heavy atom. The average molecular weight is 1330 g/mol. The molecule has 17 nitrogen and oxygen atoms in total. The molecule has 5 unspecified atom stereocenters. The second kappa shape index (κ2) is 61.9. The second-order valence-electron chi connectivity index (χ2n) is 26.4. The third-order valence-electron chi connectivity index (χ3n) is 17.5. The molecule has 0 aliphatic carbocycles. The number of phosphoric ester groups is 2. The van der Waals surface area contributed by atoms with Crippen LogP contribution < -0.4 is 0 Å². The number of phosphoric acid groups is 2. The molecule has 0 aromatic rings. The fourth-order valence-electron chi connectivity index (χ4n) is 10.6. The Bertz CT molecular complexity index is 1770. The summed E-state index contributed by atoms with van der Waals surface area (Å²) in [5, 5.41) is 10.6. The van der Waals surface area contributed by atoms with Gasteiger partial charge in [0.1, 0.15) is 19.3 Å². The maximum Gasteiger partial charge on any atom is 0.472 e. The molecule has 0 aromatic heterocycles. The van der Waals surface area contributed by atoms with Crippen molar-refractivity contribution in [2.75, 3.05) is 39.6 Å². The van der Waals surface area contributed by atoms with Crippen molar-refractivity contribution in [2.45, 2.75) is 375 Å². The number of hydrogen-bond donors (Lipinski definition) is 3. The highest BCUT2D eigenvalue weighted by Crippen LogP contribution is 2.45. The van der Waals surface area contributed by atoms with Crippen LogP contribution in [0, 0.1) is 17.8 Å². The summed E-state index contributed by atoms with van der Waals surface area (Å²) in [5.74, 6) is 0.189. The molecule has 19 heteroatoms. The molecule has 0 bridgehead atoms. The summed E-state index contributed by atoms with van der Waals surface area (Å²) in [6.07, 6.45) is 46.1. The van der Waals surface area contributed by atoms with Crippen LogP contribution in [0.2, 0.25) is 0 Å². The molecule has 0 aliphatic heterocycles. The third-order valence-corrected chi connectivity index (χ3v) is 19.4. The van der Waals surface area contributed by atoms with E-state index in [1.54, 1.807) is 0 Å². The lowest BCUT2D eigenvalue weighted by molar-refractivity contribution is -0.161. The lowest BCUT2D eigenvalue weighted by atomic mass is 9.99. The highest BCUT2D eigenvalue weighted by molar-refractivity contribution is 7.47. The Labute approximate surface area is 549 Å². The van der Waals surface area contributed by atoms with Crippen LogP contribution in [-0.4, -0.2) is 96.7 Å². The molecule has 0 saturated heterocycles. The van der Waals surface area contributed by atoms with Gasteiger partial charge < -0.3 is 33.8 Å². The van der Waals surface area contributed by atoms with Crippen molar-refractivity contribution in [3.63, 3.8) is 0 Å². The van der Waals surface area contributed by atoms with Crippen molar-refractivity contribution < 1.29 is 80.2 Å². The van der Waals surface area contributed by atoms with Crippen molar-refractivity contribution in [2.24, 2.45) is 17.8 Å². The van der Waals surface area contributed by atoms with E-state index >= 15 is 0 Å². The Hall–Kier alpha value is -1.94. The smallest absolute Gasteiger partial charge is 0.462 e. The number of aliphatic hydroxyl groups excluding tert-OH is 1. The first-order chi connectivity index (χ1) is 43.3. The zero-order valence-electron chi connectivity index (χ0n) is 58.6. The fourth-order valence-corrected chi connectivity index (χ4v) is 12.2. The first-order valence-corrected chi connectivity index (χ1v) is 40.0. The van der Waals surface area contributed by atoms with E-state index < -0.39 is 97.5 Å². The van der Waals surface area contributed by atoms with Crippen LogP contribution in [0.3, 0.4) is 0 Å². The van der Waals surface area contributed by atoms with Gasteiger partial charge in [-0.1, -0.05) is 305 Å². The van der Waals surface area contributed by atoms with Gasteiger partial charge in [0, 0.05) is 25.7 Å². The molecular formula is C71H138O17P2. The molecule has 0 spiro atoms. The molecule has 0 rings (SSSR count). The maximum atomic E-state index is 13.0. The molecule has 0 aliphatic rings. The predicted octanol–water partition coefficient (Wildman–Crippen LogP) is 20.2. The maximum absolute atomic E-state index is 13.0. The fraction of sp³-hybridized carbons (Fsp3) is 0.944. The van der Waals surface area contributed by atoms with E-state index in [-0.39, 0.29) is 25.7 Å². The number of rotatable bonds is 69. The van der Waals surface area contributed by atoms with E-state index in [0.29, 0.717) is 25.7 Å². The van der Waals surface area contributed by atoms with Crippen LogP contribution >= 0.6 is 15.6 Å². The number of unbranched alkanes of at least 4 members (excludes halogenated alkanes) is 34. The number of ether oxygens (including phenoxy) is 4. The average Bonchev–Trinajstić information content (AvgIpc) is 3.74. The first kappa shape index (κ1) is 88.1. The molecule has 0 aromatic carbocycles. The van der Waals surface area contributed by atoms with Gasteiger partial charge in [0.05, 0.1) is 26.4 Å². The standard InChI is InChI=1S/C71H138O17P2/c1-8-12-13-14-15-29-38-45-52-68(73)81-58-67(88-71(76)55-48-41-34-32-37-44-51-64(7)11-4)61-86-90(79,80)84-57-65(72)56-83-89(77,78)85-60-66(59-82-69(74)53-46-39-33-31-36-43-50-63(6)10-3)87-70(75)54-47-40-30-27-25-23-21-19-17-16-18-20-22-24-26-28-35-42-49-62(5)9-2/h62-67,72H,8-61H2,1-7H3,(H,77,78)(H,79,80)/t62?,63?,64?,65-,66-,67-/m1/s1. The van der Waals surface area contributed by atoms with Crippen LogP contribution in [0.1, 0.15) is 357 Å². The summed E-state index contributed by atoms with van der Waals surface area (Å²) in [6.45, 7) is 11.8. The van der Waals surface area contributed by atoms with Crippen molar-refractivity contribution in [3.05, 3.63) is 0 Å². The molecule has 3 N–H and O–H groups in total. The lowest BCUT2D eigenvalue weighted by Gasteiger charge is -2.21. The molecule has 0 saturated carbocycles. The summed E-state index contributed by atoms with van der Waals surface area (Å²) in [6, 6.07) is 0. The zero-order valence-corrected chi connectivity index (χ0v) is 60.4. The Morgan fingerprint density at radius 1 is 0.311 bits per heavy atom. The lowest BCUT2D eigenvalue weighted by Crippen LogP contribution is -2.30. The van der Waals surface area contributed by atoms with E-state index in [1.807, 2.05) is 0 Å². The van der Waals surface area contributed by atoms with Gasteiger partial charge in [-0.25, -0.2) is 9.13 Å². The topological polar surface area (TPSA) is 237 Å². The Balaban J connectivity index is 5.13. The monoisotopic (exact) mass is 1320 g/mol. The van der Waals surface area contributed by atoms with Crippen molar-refractivity contribution >= 4 is 39.5 Å². The van der Waals surface area contributed by atoms with Crippen LogP contribution in [0.15, 0.2) is 0 Å². The largest absolute Gasteiger partial charge is 0.472 e. The quantitative estimate of drug-likeness (QED) is 0.0222. The highest BCUT2D eigenvalue weighted by Gasteiger charge is 2.30. The van der Waals surface area contributed by atoms with Crippen molar-refractivity contribution in [3.8, 4) is 0 Å². The van der Waals surface area contributed by atoms with Gasteiger partial charge in [-0.2, -0.15) is 0 Å². The van der Waals surface area contributed by atoms with E-state index in [2.05, 4.69) is 48.5 Å². The van der Waals surface area contributed by atoms with E-state index in [1.165, 1.54) is 154 Å². The minimum Gasteiger partial charge on any atom is -0.462 e. The van der Waals surface area contributed by atoms with E-state index in [4.69, 9.17) is 37.0 Å². The highest BCUT2D eigenvalue weighted by atomic mass is 31.2. The third kappa shape index (κ3) is 61.0. The van der Waals surface area contributed by atoms with Crippen molar-refractivity contribution in [1.29, 1.82) is 0 Å². The van der Waals surface area contributed by atoms with Crippen LogP contribution in [0.4, 0.5) is 0 Å². The van der Waals surface area contributed by atoms with Crippen LogP contribution in [0.5, 0.6) is 0 Å². The zero-order chi connectivity index (χ0) is 66.6. The van der Waals surface area contributed by atoms with Gasteiger partial charge in [-0.05, 0) is 43.4 Å². The second-order valence-corrected chi connectivity index (χ2v) is 29.3. The van der Waals surface area contributed by atoms with Gasteiger partial charge >= 0.3 is 39.5 Å². The minimum absolute atomic E-state index is 0.102. The molecular weight excluding hydrogens is 1190 g/mol. The molecule has 90 heavy (non-hydrogen) atoms. The summed E-state index contributed by atoms with van der Waals surface area (Å²) < 4.78 is 68.2. The molecule has 534 valence electrons. The molecule has 0 amide bonds. The first-order valence-electron chi connectivity index (χ1n) is 37.0. The van der Waals surface area contributed by atoms with Gasteiger partial charge in [-0.15, -0.1) is 0 Å². The van der Waals surface area contributed by atoms with Gasteiger partial charge in [0.25, 0.3) is 0 Å². The molecule has 0 fully saturated rings. The Kier molecular flexibility index (Phi) is 60.6. The van der Waals surface area contributed by atoms with Crippen LogP contribution in [0.25, 0.3) is 0 Å². The van der Waals surface area contributed by atoms with Gasteiger partial charge in [0.15, 0.2) is 12.2 Å². The summed E-state index contributed by atoms with van der Waals surface area (Å²) in [7, 11) is -9.90. The summed E-state index contributed by atoms with van der Waals surface area (Å²) in [5.41, 5.74) is 0. The van der Waals surface area contributed by atoms with Crippen molar-refractivity contribution in [1.82, 2.24) is 0 Å². The van der Waals surface area contributed by atoms with Crippen LogP contribution in [-0.2, 0) is 65.4 Å². The minimum atomic E-state index is -4.95. The summed E-state index contributed by atoms with van der Waals surface area (Å²) >= 11 is 0. The summed E-state index contributed by atoms with van der Waals surface area (Å²) in [4.78, 5) is 72.4. The molecule has 0 heterocycles. The van der Waals surface area contributed by atoms with E-state index in [9.17, 15) is 43.2 Å². The predicted molar refractivity (Wildman–Crippen MR) is 363 cm³/mol. The molecule has 8 atom stereocenters. The van der Waals surface area contributed by atoms with E-state index in [0.717, 1.165) is 120 Å². The van der Waals surface area contributed by atoms with Gasteiger partial charge in [-0.3, -0.25) is 37.3 Å². The number of carbonyl (C=O) groups excluding carboxylic acids is 4. The number of hydrogen-bond acceptors (Lipinski definition) is 15. The number of esters is 4. The number of aliphatic hydroxyl groups is 1.